The minimum atomic E-state index is -0.407. The third kappa shape index (κ3) is 1.79. The molecule has 1 aromatic heterocycles. The average Bonchev–Trinajstić information content (AvgIpc) is 2.46. The molecule has 0 amide bonds. The number of aromatic nitrogens is 1. The molecule has 4 heteroatoms. The Morgan fingerprint density at radius 3 is 2.37 bits per heavy atom. The predicted octanol–water partition coefficient (Wildman–Crippen LogP) is 3.11. The first-order chi connectivity index (χ1) is 9.20. The lowest BCUT2D eigenvalue weighted by molar-refractivity contribution is 0.0994. The van der Waals surface area contributed by atoms with Crippen LogP contribution in [0.15, 0.2) is 53.7 Å². The van der Waals surface area contributed by atoms with E-state index in [1.54, 1.807) is 36.4 Å². The second-order valence-corrected chi connectivity index (χ2v) is 4.49. The van der Waals surface area contributed by atoms with Gasteiger partial charge in [0, 0.05) is 6.20 Å². The van der Waals surface area contributed by atoms with Gasteiger partial charge in [0.2, 0.25) is 5.78 Å². The number of rotatable bonds is 1. The molecule has 0 saturated carbocycles. The summed E-state index contributed by atoms with van der Waals surface area (Å²) in [6.07, 6.45) is 1.47. The summed E-state index contributed by atoms with van der Waals surface area (Å²) in [5, 5.41) is -0.0672. The number of fused-ring (bicyclic) bond motifs is 1. The zero-order valence-electron chi connectivity index (χ0n) is 9.76. The molecule has 3 rings (SSSR count). The zero-order valence-corrected chi connectivity index (χ0v) is 10.5. The van der Waals surface area contributed by atoms with E-state index in [1.165, 1.54) is 6.20 Å². The number of halogens is 1. The van der Waals surface area contributed by atoms with Crippen LogP contribution in [-0.2, 0) is 0 Å². The number of nitrogens with zero attached hydrogens (tertiary/aromatic N) is 1. The first-order valence-corrected chi connectivity index (χ1v) is 6.07. The van der Waals surface area contributed by atoms with Crippen molar-refractivity contribution in [3.63, 3.8) is 0 Å². The van der Waals surface area contributed by atoms with Crippen molar-refractivity contribution in [2.45, 2.75) is 0 Å². The van der Waals surface area contributed by atoms with E-state index in [9.17, 15) is 9.59 Å². The number of benzene rings is 1. The molecule has 19 heavy (non-hydrogen) atoms. The number of carbonyl (C=O) groups is 2. The molecule has 3 nitrogen and oxygen atoms in total. The molecule has 1 heterocycles. The summed E-state index contributed by atoms with van der Waals surface area (Å²) in [4.78, 5) is 28.5. The predicted molar refractivity (Wildman–Crippen MR) is 72.1 cm³/mol. The maximum absolute atomic E-state index is 12.4. The van der Waals surface area contributed by atoms with Crippen LogP contribution in [0.1, 0.15) is 26.4 Å². The van der Waals surface area contributed by atoms with Gasteiger partial charge in [0.05, 0.1) is 11.1 Å². The summed E-state index contributed by atoms with van der Waals surface area (Å²) < 4.78 is 0. The van der Waals surface area contributed by atoms with Crippen molar-refractivity contribution in [2.24, 2.45) is 0 Å². The van der Waals surface area contributed by atoms with Crippen LogP contribution in [0.5, 0.6) is 0 Å². The summed E-state index contributed by atoms with van der Waals surface area (Å²) in [7, 11) is 0. The molecule has 0 radical (unpaired) electrons. The number of carbonyl (C=O) groups excluding carboxylic acids is 2. The Kier molecular flexibility index (Phi) is 2.76. The number of hydrogen-bond donors (Lipinski definition) is 0. The molecular weight excluding hydrogens is 262 g/mol. The molecule has 92 valence electrons. The van der Waals surface area contributed by atoms with Crippen molar-refractivity contribution in [3.05, 3.63) is 70.5 Å². The third-order valence-electron chi connectivity index (χ3n) is 2.98. The van der Waals surface area contributed by atoms with Crippen LogP contribution in [0.25, 0.3) is 5.57 Å². The highest BCUT2D eigenvalue weighted by atomic mass is 35.5. The lowest BCUT2D eigenvalue weighted by Gasteiger charge is -2.16. The highest BCUT2D eigenvalue weighted by Gasteiger charge is 2.32. The molecule has 2 aromatic rings. The Morgan fingerprint density at radius 1 is 0.895 bits per heavy atom. The number of ketones is 2. The molecule has 1 aromatic carbocycles. The van der Waals surface area contributed by atoms with E-state index in [1.807, 2.05) is 6.07 Å². The van der Waals surface area contributed by atoms with E-state index < -0.39 is 5.78 Å². The average molecular weight is 270 g/mol. The van der Waals surface area contributed by atoms with Gasteiger partial charge in [-0.25, -0.2) is 0 Å². The summed E-state index contributed by atoms with van der Waals surface area (Å²) in [5.41, 5.74) is 1.31. The highest BCUT2D eigenvalue weighted by molar-refractivity contribution is 6.56. The van der Waals surface area contributed by atoms with Gasteiger partial charge in [0.1, 0.15) is 10.7 Å². The summed E-state index contributed by atoms with van der Waals surface area (Å²) in [6.45, 7) is 0. The number of hydrogen-bond acceptors (Lipinski definition) is 3. The van der Waals surface area contributed by atoms with Crippen molar-refractivity contribution >= 4 is 28.7 Å². The fourth-order valence-corrected chi connectivity index (χ4v) is 2.37. The molecule has 0 saturated heterocycles. The van der Waals surface area contributed by atoms with Gasteiger partial charge >= 0.3 is 0 Å². The SMILES string of the molecule is O=C1C(c2ccccc2)=C(Cl)C(=O)c2ncccc21. The molecule has 0 fully saturated rings. The molecular formula is C15H8ClNO2. The van der Waals surface area contributed by atoms with Crippen LogP contribution in [0.2, 0.25) is 0 Å². The van der Waals surface area contributed by atoms with Gasteiger partial charge in [-0.2, -0.15) is 0 Å². The first kappa shape index (κ1) is 11.8. The summed E-state index contributed by atoms with van der Waals surface area (Å²) in [5.74, 6) is -0.672. The Labute approximate surface area is 114 Å². The van der Waals surface area contributed by atoms with Crippen molar-refractivity contribution in [3.8, 4) is 0 Å². The van der Waals surface area contributed by atoms with Gasteiger partial charge in [0.15, 0.2) is 5.78 Å². The van der Waals surface area contributed by atoms with E-state index in [4.69, 9.17) is 11.6 Å². The van der Waals surface area contributed by atoms with Gasteiger partial charge < -0.3 is 0 Å². The van der Waals surface area contributed by atoms with E-state index in [0.29, 0.717) is 11.1 Å². The molecule has 0 N–H and O–H groups in total. The Balaban J connectivity index is 2.25. The molecule has 0 unspecified atom stereocenters. The minimum absolute atomic E-state index is 0.0672. The van der Waals surface area contributed by atoms with Gasteiger partial charge in [-0.05, 0) is 17.7 Å². The second kappa shape index (κ2) is 4.44. The van der Waals surface area contributed by atoms with Crippen molar-refractivity contribution in [2.75, 3.05) is 0 Å². The molecule has 0 bridgehead atoms. The number of pyridine rings is 1. The second-order valence-electron chi connectivity index (χ2n) is 4.11. The van der Waals surface area contributed by atoms with Crippen LogP contribution in [-0.4, -0.2) is 16.6 Å². The Morgan fingerprint density at radius 2 is 1.63 bits per heavy atom. The van der Waals surface area contributed by atoms with Crippen LogP contribution >= 0.6 is 11.6 Å². The van der Waals surface area contributed by atoms with Gasteiger partial charge in [-0.3, -0.25) is 14.6 Å². The van der Waals surface area contributed by atoms with Gasteiger partial charge in [-0.15, -0.1) is 0 Å². The number of Topliss-reactive ketones (excluding diaryl/α,β-unsaturated/α-hetero) is 2. The maximum Gasteiger partial charge on any atom is 0.224 e. The minimum Gasteiger partial charge on any atom is -0.288 e. The smallest absolute Gasteiger partial charge is 0.224 e. The Bertz CT molecular complexity index is 720. The summed E-state index contributed by atoms with van der Waals surface area (Å²) in [6, 6.07) is 12.2. The zero-order chi connectivity index (χ0) is 13.4. The molecule has 0 aliphatic heterocycles. The van der Waals surface area contributed by atoms with E-state index >= 15 is 0 Å². The third-order valence-corrected chi connectivity index (χ3v) is 3.34. The fraction of sp³-hybridized carbons (Fsp3) is 0. The number of allylic oxidation sites excluding steroid dienone is 2. The largest absolute Gasteiger partial charge is 0.288 e. The normalized spacial score (nSPS) is 14.6. The monoisotopic (exact) mass is 269 g/mol. The lowest BCUT2D eigenvalue weighted by Crippen LogP contribution is -2.20. The molecule has 1 aliphatic carbocycles. The van der Waals surface area contributed by atoms with E-state index in [0.717, 1.165) is 0 Å². The van der Waals surface area contributed by atoms with Crippen LogP contribution in [0.3, 0.4) is 0 Å². The first-order valence-electron chi connectivity index (χ1n) is 5.70. The topological polar surface area (TPSA) is 47.0 Å². The van der Waals surface area contributed by atoms with Gasteiger partial charge in [0.25, 0.3) is 0 Å². The fourth-order valence-electron chi connectivity index (χ4n) is 2.08. The standard InChI is InChI=1S/C15H8ClNO2/c16-12-11(9-5-2-1-3-6-9)14(18)10-7-4-8-17-13(10)15(12)19/h1-8H. The van der Waals surface area contributed by atoms with Crippen LogP contribution in [0, 0.1) is 0 Å². The summed E-state index contributed by atoms with van der Waals surface area (Å²) >= 11 is 6.06. The lowest BCUT2D eigenvalue weighted by atomic mass is 9.89. The molecule has 0 spiro atoms. The van der Waals surface area contributed by atoms with Gasteiger partial charge in [-0.1, -0.05) is 41.9 Å². The van der Waals surface area contributed by atoms with Crippen molar-refractivity contribution in [1.29, 1.82) is 0 Å². The van der Waals surface area contributed by atoms with Crippen molar-refractivity contribution < 1.29 is 9.59 Å². The molecule has 0 atom stereocenters. The maximum atomic E-state index is 12.4. The Hall–Kier alpha value is -2.26. The van der Waals surface area contributed by atoms with E-state index in [2.05, 4.69) is 4.98 Å². The van der Waals surface area contributed by atoms with Crippen LogP contribution in [0.4, 0.5) is 0 Å². The highest BCUT2D eigenvalue weighted by Crippen LogP contribution is 2.33. The quantitative estimate of drug-likeness (QED) is 0.799. The van der Waals surface area contributed by atoms with E-state index in [-0.39, 0.29) is 22.1 Å². The van der Waals surface area contributed by atoms with Crippen molar-refractivity contribution in [1.82, 2.24) is 4.98 Å². The molecule has 1 aliphatic rings. The van der Waals surface area contributed by atoms with Crippen LogP contribution < -0.4 is 0 Å².